The van der Waals surface area contributed by atoms with E-state index in [1.54, 1.807) is 0 Å². The van der Waals surface area contributed by atoms with Gasteiger partial charge in [0, 0.05) is 18.9 Å². The van der Waals surface area contributed by atoms with E-state index in [0.29, 0.717) is 0 Å². The molecule has 0 atom stereocenters. The fraction of sp³-hybridized carbons (Fsp3) is 0.444. The quantitative estimate of drug-likeness (QED) is 0.714. The number of nitrogens with one attached hydrogen (secondary N) is 1. The van der Waals surface area contributed by atoms with Crippen LogP contribution < -0.4 is 5.32 Å². The molecule has 0 fully saturated rings. The van der Waals surface area contributed by atoms with Crippen molar-refractivity contribution in [2.24, 2.45) is 0 Å². The fourth-order valence-corrected chi connectivity index (χ4v) is 0.921. The summed E-state index contributed by atoms with van der Waals surface area (Å²) in [4.78, 5) is 4.07. The third-order valence-electron chi connectivity index (χ3n) is 1.45. The van der Waals surface area contributed by atoms with Crippen molar-refractivity contribution in [1.29, 1.82) is 0 Å². The lowest BCUT2D eigenvalue weighted by Gasteiger charge is -2.03. The number of hydrogen-bond donors (Lipinski definition) is 1. The smallest absolute Gasteiger partial charge is 0.0529 e. The molecule has 1 aromatic rings. The van der Waals surface area contributed by atoms with E-state index < -0.39 is 0 Å². The largest absolute Gasteiger partial charge is 0.384 e. The molecule has 0 saturated carbocycles. The molecular formula is C9H14N2. The topological polar surface area (TPSA) is 24.9 Å². The summed E-state index contributed by atoms with van der Waals surface area (Å²) < 4.78 is 0. The van der Waals surface area contributed by atoms with Gasteiger partial charge < -0.3 is 5.32 Å². The lowest BCUT2D eigenvalue weighted by Crippen LogP contribution is -1.99. The summed E-state index contributed by atoms with van der Waals surface area (Å²) in [5, 5.41) is 3.27. The summed E-state index contributed by atoms with van der Waals surface area (Å²) in [6, 6.07) is 2.10. The Labute approximate surface area is 67.7 Å². The Balaban J connectivity index is 2.56. The van der Waals surface area contributed by atoms with E-state index >= 15 is 0 Å². The lowest BCUT2D eigenvalue weighted by atomic mass is 10.3. The SMILES string of the molecule is CCCNc1cncc(C)c1. The van der Waals surface area contributed by atoms with Crippen molar-refractivity contribution in [1.82, 2.24) is 4.98 Å². The van der Waals surface area contributed by atoms with Crippen LogP contribution in [0.15, 0.2) is 18.5 Å². The zero-order chi connectivity index (χ0) is 8.10. The molecule has 60 valence electrons. The normalized spacial score (nSPS) is 9.64. The number of nitrogens with zero attached hydrogens (tertiary/aromatic N) is 1. The molecule has 0 aromatic carbocycles. The molecule has 0 aliphatic carbocycles. The minimum Gasteiger partial charge on any atom is -0.384 e. The molecule has 0 aliphatic heterocycles. The maximum absolute atomic E-state index is 4.07. The van der Waals surface area contributed by atoms with Gasteiger partial charge in [-0.05, 0) is 25.0 Å². The molecule has 1 rings (SSSR count). The molecule has 0 unspecified atom stereocenters. The first-order chi connectivity index (χ1) is 5.33. The second kappa shape index (κ2) is 3.96. The van der Waals surface area contributed by atoms with Crippen LogP contribution in [-0.4, -0.2) is 11.5 Å². The molecule has 0 spiro atoms. The average Bonchev–Trinajstić information content (AvgIpc) is 2.01. The second-order valence-corrected chi connectivity index (χ2v) is 2.68. The first-order valence-electron chi connectivity index (χ1n) is 3.98. The standard InChI is InChI=1S/C9H14N2/c1-3-4-11-9-5-8(2)6-10-7-9/h5-7,11H,3-4H2,1-2H3. The first kappa shape index (κ1) is 8.05. The molecule has 0 bridgehead atoms. The summed E-state index contributed by atoms with van der Waals surface area (Å²) in [7, 11) is 0. The summed E-state index contributed by atoms with van der Waals surface area (Å²) in [5.74, 6) is 0. The molecule has 0 saturated heterocycles. The Hall–Kier alpha value is -1.05. The number of pyridine rings is 1. The van der Waals surface area contributed by atoms with Crippen molar-refractivity contribution in [3.05, 3.63) is 24.0 Å². The van der Waals surface area contributed by atoms with Gasteiger partial charge >= 0.3 is 0 Å². The van der Waals surface area contributed by atoms with Gasteiger partial charge in [-0.1, -0.05) is 6.92 Å². The molecule has 0 radical (unpaired) electrons. The second-order valence-electron chi connectivity index (χ2n) is 2.68. The Bertz CT molecular complexity index is 221. The van der Waals surface area contributed by atoms with Gasteiger partial charge in [0.1, 0.15) is 0 Å². The van der Waals surface area contributed by atoms with Gasteiger partial charge in [-0.3, -0.25) is 4.98 Å². The van der Waals surface area contributed by atoms with Gasteiger partial charge in [-0.25, -0.2) is 0 Å². The maximum atomic E-state index is 4.07. The van der Waals surface area contributed by atoms with Crippen molar-refractivity contribution in [3.8, 4) is 0 Å². The summed E-state index contributed by atoms with van der Waals surface area (Å²) in [6.45, 7) is 5.21. The highest BCUT2D eigenvalue weighted by atomic mass is 14.9. The predicted molar refractivity (Wildman–Crippen MR) is 47.8 cm³/mol. The lowest BCUT2D eigenvalue weighted by molar-refractivity contribution is 0.977. The summed E-state index contributed by atoms with van der Waals surface area (Å²) in [5.41, 5.74) is 2.32. The van der Waals surface area contributed by atoms with Gasteiger partial charge in [-0.15, -0.1) is 0 Å². The zero-order valence-electron chi connectivity index (χ0n) is 7.09. The van der Waals surface area contributed by atoms with Crippen LogP contribution in [-0.2, 0) is 0 Å². The Morgan fingerprint density at radius 1 is 1.45 bits per heavy atom. The third kappa shape index (κ3) is 2.58. The molecule has 2 nitrogen and oxygen atoms in total. The Morgan fingerprint density at radius 2 is 2.27 bits per heavy atom. The van der Waals surface area contributed by atoms with E-state index in [0.717, 1.165) is 18.7 Å². The average molecular weight is 150 g/mol. The first-order valence-corrected chi connectivity index (χ1v) is 3.98. The van der Waals surface area contributed by atoms with Crippen LogP contribution >= 0.6 is 0 Å². The number of hydrogen-bond acceptors (Lipinski definition) is 2. The third-order valence-corrected chi connectivity index (χ3v) is 1.45. The highest BCUT2D eigenvalue weighted by Gasteiger charge is 1.89. The van der Waals surface area contributed by atoms with E-state index in [2.05, 4.69) is 23.3 Å². The maximum Gasteiger partial charge on any atom is 0.0529 e. The van der Waals surface area contributed by atoms with Crippen LogP contribution in [0.2, 0.25) is 0 Å². The van der Waals surface area contributed by atoms with E-state index in [4.69, 9.17) is 0 Å². The molecule has 1 aromatic heterocycles. The van der Waals surface area contributed by atoms with Gasteiger partial charge in [-0.2, -0.15) is 0 Å². The van der Waals surface area contributed by atoms with Crippen LogP contribution in [0.4, 0.5) is 5.69 Å². The predicted octanol–water partition coefficient (Wildman–Crippen LogP) is 2.21. The minimum absolute atomic E-state index is 1.02. The van der Waals surface area contributed by atoms with E-state index in [1.807, 2.05) is 19.3 Å². The monoisotopic (exact) mass is 150 g/mol. The summed E-state index contributed by atoms with van der Waals surface area (Å²) >= 11 is 0. The molecule has 11 heavy (non-hydrogen) atoms. The van der Waals surface area contributed by atoms with Gasteiger partial charge in [0.25, 0.3) is 0 Å². The minimum atomic E-state index is 1.02. The zero-order valence-corrected chi connectivity index (χ0v) is 7.09. The van der Waals surface area contributed by atoms with Crippen LogP contribution in [0.5, 0.6) is 0 Å². The van der Waals surface area contributed by atoms with Gasteiger partial charge in [0.05, 0.1) is 5.69 Å². The van der Waals surface area contributed by atoms with Crippen molar-refractivity contribution in [2.45, 2.75) is 20.3 Å². The molecule has 0 aliphatic rings. The molecular weight excluding hydrogens is 136 g/mol. The van der Waals surface area contributed by atoms with E-state index in [9.17, 15) is 0 Å². The van der Waals surface area contributed by atoms with E-state index in [-0.39, 0.29) is 0 Å². The van der Waals surface area contributed by atoms with Crippen LogP contribution in [0.1, 0.15) is 18.9 Å². The number of anilines is 1. The fourth-order valence-electron chi connectivity index (χ4n) is 0.921. The highest BCUT2D eigenvalue weighted by Crippen LogP contribution is 2.06. The highest BCUT2D eigenvalue weighted by molar-refractivity contribution is 5.42. The van der Waals surface area contributed by atoms with Gasteiger partial charge in [0.2, 0.25) is 0 Å². The molecule has 0 amide bonds. The molecule has 1 heterocycles. The number of rotatable bonds is 3. The summed E-state index contributed by atoms with van der Waals surface area (Å²) in [6.07, 6.45) is 4.85. The number of aromatic nitrogens is 1. The molecule has 2 heteroatoms. The Morgan fingerprint density at radius 3 is 2.91 bits per heavy atom. The van der Waals surface area contributed by atoms with Crippen LogP contribution in [0.25, 0.3) is 0 Å². The van der Waals surface area contributed by atoms with Crippen molar-refractivity contribution in [3.63, 3.8) is 0 Å². The van der Waals surface area contributed by atoms with Gasteiger partial charge in [0.15, 0.2) is 0 Å². The molecule has 1 N–H and O–H groups in total. The van der Waals surface area contributed by atoms with Crippen LogP contribution in [0.3, 0.4) is 0 Å². The van der Waals surface area contributed by atoms with E-state index in [1.165, 1.54) is 5.56 Å². The number of aryl methyl sites for hydroxylation is 1. The van der Waals surface area contributed by atoms with Crippen LogP contribution in [0, 0.1) is 6.92 Å². The van der Waals surface area contributed by atoms with Crippen molar-refractivity contribution < 1.29 is 0 Å². The van der Waals surface area contributed by atoms with Crippen molar-refractivity contribution in [2.75, 3.05) is 11.9 Å². The van der Waals surface area contributed by atoms with Crippen molar-refractivity contribution >= 4 is 5.69 Å². The Kier molecular flexibility index (Phi) is 2.90.